The molecule has 0 atom stereocenters. The summed E-state index contributed by atoms with van der Waals surface area (Å²) in [7, 11) is 0. The maximum Gasteiger partial charge on any atom is 0.156 e. The zero-order chi connectivity index (χ0) is 47.1. The van der Waals surface area contributed by atoms with E-state index in [0.29, 0.717) is 0 Å². The highest BCUT2D eigenvalue weighted by atomic mass is 16.5. The standard InChI is InChI=1S/C68H41NO3/c1-2-17-42(18-3-1)43-33-36-50-51-37-34-45(41-65(51)71-64(50)39-43)69(44-35-38-63-59(40-44)68(56-27-12-14-31-61(56)70-63)54-25-10-6-21-48(54)49-22-7-11-26-55(49)68)60-30-16-29-58-66(60)72-62-32-15-13-28-57(62)67(58)52-23-8-4-19-46(52)47-20-5-9-24-53(47)67/h1-41H. The second-order valence-corrected chi connectivity index (χ2v) is 19.4. The molecule has 0 unspecified atom stereocenters. The van der Waals surface area contributed by atoms with Crippen LogP contribution in [0.3, 0.4) is 0 Å². The number of furan rings is 1. The summed E-state index contributed by atoms with van der Waals surface area (Å²) in [5.74, 6) is 3.31. The van der Waals surface area contributed by atoms with Crippen LogP contribution in [0.25, 0.3) is 55.3 Å². The molecule has 0 radical (unpaired) electrons. The van der Waals surface area contributed by atoms with Gasteiger partial charge < -0.3 is 18.8 Å². The Balaban J connectivity index is 0.977. The van der Waals surface area contributed by atoms with Crippen molar-refractivity contribution in [3.63, 3.8) is 0 Å². The summed E-state index contributed by atoms with van der Waals surface area (Å²) in [4.78, 5) is 2.37. The minimum Gasteiger partial charge on any atom is -0.457 e. The summed E-state index contributed by atoms with van der Waals surface area (Å²) in [6.07, 6.45) is 0. The molecule has 1 aromatic heterocycles. The number of fused-ring (bicyclic) bond motifs is 21. The van der Waals surface area contributed by atoms with Crippen molar-refractivity contribution >= 4 is 39.0 Å². The van der Waals surface area contributed by atoms with E-state index in [9.17, 15) is 0 Å². The van der Waals surface area contributed by atoms with E-state index in [1.165, 1.54) is 44.5 Å². The molecule has 2 aliphatic carbocycles. The van der Waals surface area contributed by atoms with Gasteiger partial charge in [0.15, 0.2) is 5.75 Å². The normalized spacial score (nSPS) is 14.3. The minimum atomic E-state index is -0.662. The fraction of sp³-hybridized carbons (Fsp3) is 0.0294. The van der Waals surface area contributed by atoms with Gasteiger partial charge in [0.05, 0.1) is 22.2 Å². The topological polar surface area (TPSA) is 34.8 Å². The lowest BCUT2D eigenvalue weighted by atomic mass is 9.66. The Morgan fingerprint density at radius 3 is 1.38 bits per heavy atom. The largest absolute Gasteiger partial charge is 0.457 e. The number of nitrogens with zero attached hydrogens (tertiary/aromatic N) is 1. The van der Waals surface area contributed by atoms with Crippen LogP contribution in [0.15, 0.2) is 253 Å². The van der Waals surface area contributed by atoms with Crippen molar-refractivity contribution < 1.29 is 13.9 Å². The van der Waals surface area contributed by atoms with Crippen molar-refractivity contribution in [2.24, 2.45) is 0 Å². The van der Waals surface area contributed by atoms with E-state index in [4.69, 9.17) is 13.9 Å². The van der Waals surface area contributed by atoms with Crippen molar-refractivity contribution in [3.8, 4) is 56.4 Å². The van der Waals surface area contributed by atoms with Gasteiger partial charge in [0.1, 0.15) is 28.4 Å². The van der Waals surface area contributed by atoms with Crippen LogP contribution in [-0.2, 0) is 10.8 Å². The monoisotopic (exact) mass is 919 g/mol. The van der Waals surface area contributed by atoms with Gasteiger partial charge in [0.2, 0.25) is 0 Å². The predicted molar refractivity (Wildman–Crippen MR) is 289 cm³/mol. The molecular weight excluding hydrogens is 879 g/mol. The SMILES string of the molecule is c1ccc(-c2ccc3c(c2)oc2cc(N(c4ccc5c(c4)C4(c6ccccc6O5)c5ccccc5-c5ccccc54)c4cccc5c4Oc4ccccc4C54c5ccccc5-c5ccccc54)ccc23)cc1. The predicted octanol–water partition coefficient (Wildman–Crippen LogP) is 17.7. The van der Waals surface area contributed by atoms with E-state index in [1.807, 2.05) is 0 Å². The van der Waals surface area contributed by atoms with Gasteiger partial charge in [-0.05, 0) is 116 Å². The second kappa shape index (κ2) is 14.6. The van der Waals surface area contributed by atoms with Crippen LogP contribution in [0.2, 0.25) is 0 Å². The molecule has 0 bridgehead atoms. The molecule has 12 aromatic rings. The van der Waals surface area contributed by atoms with Gasteiger partial charge in [-0.15, -0.1) is 0 Å². The van der Waals surface area contributed by atoms with Gasteiger partial charge in [-0.1, -0.05) is 182 Å². The van der Waals surface area contributed by atoms with Gasteiger partial charge in [-0.3, -0.25) is 0 Å². The molecule has 0 saturated heterocycles. The Bertz CT molecular complexity index is 4170. The van der Waals surface area contributed by atoms with Gasteiger partial charge in [0, 0.05) is 44.8 Å². The van der Waals surface area contributed by atoms with E-state index < -0.39 is 10.8 Å². The zero-order valence-electron chi connectivity index (χ0n) is 38.8. The average Bonchev–Trinajstić information content (AvgIpc) is 4.06. The number of rotatable bonds is 4. The minimum absolute atomic E-state index is 0.646. The Labute approximate surface area is 416 Å². The van der Waals surface area contributed by atoms with Crippen molar-refractivity contribution in [3.05, 3.63) is 293 Å². The first-order chi connectivity index (χ1) is 35.7. The molecule has 3 heterocycles. The summed E-state index contributed by atoms with van der Waals surface area (Å²) in [6.45, 7) is 0. The Morgan fingerprint density at radius 2 is 0.750 bits per heavy atom. The summed E-state index contributed by atoms with van der Waals surface area (Å²) < 4.78 is 21.3. The summed E-state index contributed by atoms with van der Waals surface area (Å²) in [6, 6.07) is 89.9. The Morgan fingerprint density at radius 1 is 0.292 bits per heavy atom. The zero-order valence-corrected chi connectivity index (χ0v) is 38.8. The van der Waals surface area contributed by atoms with Crippen LogP contribution in [0.1, 0.15) is 44.5 Å². The van der Waals surface area contributed by atoms with E-state index in [2.05, 4.69) is 254 Å². The van der Waals surface area contributed by atoms with Crippen molar-refractivity contribution in [2.75, 3.05) is 4.90 Å². The second-order valence-electron chi connectivity index (χ2n) is 19.4. The quantitative estimate of drug-likeness (QED) is 0.176. The first-order valence-electron chi connectivity index (χ1n) is 24.7. The number of benzene rings is 11. The molecule has 0 N–H and O–H groups in total. The van der Waals surface area contributed by atoms with Gasteiger partial charge in [0.25, 0.3) is 0 Å². The van der Waals surface area contributed by atoms with Gasteiger partial charge in [-0.2, -0.15) is 0 Å². The number of hydrogen-bond donors (Lipinski definition) is 0. The van der Waals surface area contributed by atoms with Crippen LogP contribution < -0.4 is 14.4 Å². The van der Waals surface area contributed by atoms with E-state index >= 15 is 0 Å². The highest BCUT2D eigenvalue weighted by Crippen LogP contribution is 2.66. The van der Waals surface area contributed by atoms with E-state index in [1.54, 1.807) is 0 Å². The maximum absolute atomic E-state index is 7.40. The Hall–Kier alpha value is -9.38. The molecule has 16 rings (SSSR count). The van der Waals surface area contributed by atoms with E-state index in [-0.39, 0.29) is 0 Å². The summed E-state index contributed by atoms with van der Waals surface area (Å²) >= 11 is 0. The number of anilines is 3. The molecular formula is C68H41NO3. The van der Waals surface area contributed by atoms with E-state index in [0.717, 1.165) is 95.4 Å². The maximum atomic E-state index is 7.40. The fourth-order valence-electron chi connectivity index (χ4n) is 13.2. The summed E-state index contributed by atoms with van der Waals surface area (Å²) in [5.41, 5.74) is 19.7. The third kappa shape index (κ3) is 5.10. The van der Waals surface area contributed by atoms with Crippen molar-refractivity contribution in [1.82, 2.24) is 0 Å². The molecule has 0 fully saturated rings. The van der Waals surface area contributed by atoms with Gasteiger partial charge >= 0.3 is 0 Å². The fourth-order valence-corrected chi connectivity index (χ4v) is 13.2. The number of para-hydroxylation sites is 3. The number of hydrogen-bond acceptors (Lipinski definition) is 4. The van der Waals surface area contributed by atoms with Crippen molar-refractivity contribution in [1.29, 1.82) is 0 Å². The highest BCUT2D eigenvalue weighted by molar-refractivity contribution is 6.07. The first kappa shape index (κ1) is 39.5. The lowest BCUT2D eigenvalue weighted by Crippen LogP contribution is -2.33. The van der Waals surface area contributed by atoms with Crippen LogP contribution in [0, 0.1) is 0 Å². The third-order valence-electron chi connectivity index (χ3n) is 16.0. The number of ether oxygens (including phenoxy) is 2. The molecule has 11 aromatic carbocycles. The molecule has 336 valence electrons. The van der Waals surface area contributed by atoms with Crippen LogP contribution >= 0.6 is 0 Å². The average molecular weight is 920 g/mol. The first-order valence-corrected chi connectivity index (χ1v) is 24.7. The van der Waals surface area contributed by atoms with Gasteiger partial charge in [-0.25, -0.2) is 0 Å². The molecule has 4 aliphatic rings. The lowest BCUT2D eigenvalue weighted by molar-refractivity contribution is 0.436. The van der Waals surface area contributed by atoms with Crippen molar-refractivity contribution in [2.45, 2.75) is 10.8 Å². The third-order valence-corrected chi connectivity index (χ3v) is 16.0. The lowest BCUT2D eigenvalue weighted by Gasteiger charge is -2.42. The highest BCUT2D eigenvalue weighted by Gasteiger charge is 2.53. The molecule has 2 spiro atoms. The Kier molecular flexibility index (Phi) is 7.99. The van der Waals surface area contributed by atoms with Crippen LogP contribution in [0.5, 0.6) is 23.0 Å². The molecule has 4 heteroatoms. The molecule has 0 amide bonds. The molecule has 4 nitrogen and oxygen atoms in total. The molecule has 0 saturated carbocycles. The smallest absolute Gasteiger partial charge is 0.156 e. The van der Waals surface area contributed by atoms with Crippen LogP contribution in [0.4, 0.5) is 17.1 Å². The summed E-state index contributed by atoms with van der Waals surface area (Å²) in [5, 5.41) is 2.13. The molecule has 2 aliphatic heterocycles. The van der Waals surface area contributed by atoms with Crippen LogP contribution in [-0.4, -0.2) is 0 Å². The molecule has 72 heavy (non-hydrogen) atoms.